The van der Waals surface area contributed by atoms with Gasteiger partial charge in [-0.25, -0.2) is 0 Å². The van der Waals surface area contributed by atoms with Gasteiger partial charge in [0.05, 0.1) is 0 Å². The molecule has 1 N–H and O–H groups in total. The minimum atomic E-state index is 0.767. The quantitative estimate of drug-likeness (QED) is 0.771. The molecule has 3 heteroatoms. The molecule has 2 aliphatic rings. The van der Waals surface area contributed by atoms with Crippen LogP contribution in [0.15, 0.2) is 0 Å². The molecule has 0 amide bonds. The van der Waals surface area contributed by atoms with Gasteiger partial charge in [0.15, 0.2) is 0 Å². The Morgan fingerprint density at radius 1 is 1.00 bits per heavy atom. The molecule has 112 valence electrons. The van der Waals surface area contributed by atoms with Crippen molar-refractivity contribution in [1.29, 1.82) is 0 Å². The molecular formula is C16H33N3. The number of nitrogens with one attached hydrogen (secondary N) is 1. The maximum Gasteiger partial charge on any atom is 0.00797 e. The Balaban J connectivity index is 1.56. The molecule has 0 aromatic rings. The molecule has 2 heterocycles. The van der Waals surface area contributed by atoms with E-state index in [1.807, 2.05) is 0 Å². The summed E-state index contributed by atoms with van der Waals surface area (Å²) in [5.74, 6) is 0. The summed E-state index contributed by atoms with van der Waals surface area (Å²) in [5.41, 5.74) is 0. The highest BCUT2D eigenvalue weighted by molar-refractivity contribution is 4.75. The van der Waals surface area contributed by atoms with Gasteiger partial charge in [0.25, 0.3) is 0 Å². The van der Waals surface area contributed by atoms with Gasteiger partial charge in [0.1, 0.15) is 0 Å². The van der Waals surface area contributed by atoms with Crippen molar-refractivity contribution in [1.82, 2.24) is 15.1 Å². The first-order valence-corrected chi connectivity index (χ1v) is 8.41. The fraction of sp³-hybridized carbons (Fsp3) is 1.00. The number of rotatable bonds is 5. The molecule has 2 saturated heterocycles. The third-order valence-corrected chi connectivity index (χ3v) is 4.95. The summed E-state index contributed by atoms with van der Waals surface area (Å²) in [6.45, 7) is 8.77. The summed E-state index contributed by atoms with van der Waals surface area (Å²) < 4.78 is 0. The van der Waals surface area contributed by atoms with Crippen LogP contribution in [-0.2, 0) is 0 Å². The number of hydrogen-bond acceptors (Lipinski definition) is 3. The number of hydrogen-bond donors (Lipinski definition) is 1. The number of likely N-dealkylation sites (tertiary alicyclic amines) is 2. The Bertz CT molecular complexity index is 244. The van der Waals surface area contributed by atoms with E-state index in [0.29, 0.717) is 0 Å². The third-order valence-electron chi connectivity index (χ3n) is 4.95. The van der Waals surface area contributed by atoms with Gasteiger partial charge in [-0.2, -0.15) is 0 Å². The predicted octanol–water partition coefficient (Wildman–Crippen LogP) is 2.32. The van der Waals surface area contributed by atoms with Crippen LogP contribution in [0.3, 0.4) is 0 Å². The van der Waals surface area contributed by atoms with Gasteiger partial charge in [-0.15, -0.1) is 0 Å². The van der Waals surface area contributed by atoms with Gasteiger partial charge < -0.3 is 15.1 Å². The molecule has 0 spiro atoms. The third kappa shape index (κ3) is 5.41. The van der Waals surface area contributed by atoms with Crippen molar-refractivity contribution in [2.45, 2.75) is 64.0 Å². The largest absolute Gasteiger partial charge is 0.314 e. The lowest BCUT2D eigenvalue weighted by Crippen LogP contribution is -2.39. The van der Waals surface area contributed by atoms with E-state index >= 15 is 0 Å². The van der Waals surface area contributed by atoms with Crippen LogP contribution >= 0.6 is 0 Å². The van der Waals surface area contributed by atoms with Gasteiger partial charge >= 0.3 is 0 Å². The second-order valence-electron chi connectivity index (χ2n) is 6.62. The van der Waals surface area contributed by atoms with Gasteiger partial charge in [0.2, 0.25) is 0 Å². The fourth-order valence-corrected chi connectivity index (χ4v) is 3.52. The van der Waals surface area contributed by atoms with Crippen LogP contribution in [0.25, 0.3) is 0 Å². The first-order valence-electron chi connectivity index (χ1n) is 8.41. The molecule has 2 fully saturated rings. The Kier molecular flexibility index (Phi) is 6.62. The van der Waals surface area contributed by atoms with E-state index in [0.717, 1.165) is 12.1 Å². The molecule has 0 saturated carbocycles. The molecule has 0 bridgehead atoms. The van der Waals surface area contributed by atoms with Crippen molar-refractivity contribution in [2.24, 2.45) is 0 Å². The molecule has 0 aromatic heterocycles. The van der Waals surface area contributed by atoms with E-state index in [2.05, 4.69) is 29.1 Å². The van der Waals surface area contributed by atoms with Crippen LogP contribution in [0.5, 0.6) is 0 Å². The van der Waals surface area contributed by atoms with Crippen molar-refractivity contribution in [2.75, 3.05) is 39.8 Å². The highest BCUT2D eigenvalue weighted by atomic mass is 15.2. The molecule has 2 rings (SSSR count). The van der Waals surface area contributed by atoms with Crippen LogP contribution in [0.2, 0.25) is 0 Å². The maximum atomic E-state index is 3.78. The zero-order valence-corrected chi connectivity index (χ0v) is 13.0. The Labute approximate surface area is 119 Å². The predicted molar refractivity (Wildman–Crippen MR) is 82.6 cm³/mol. The monoisotopic (exact) mass is 267 g/mol. The summed E-state index contributed by atoms with van der Waals surface area (Å²) in [7, 11) is 2.25. The van der Waals surface area contributed by atoms with Gasteiger partial charge in [-0.05, 0) is 85.2 Å². The molecule has 0 aliphatic carbocycles. The molecule has 2 unspecified atom stereocenters. The number of piperidine rings is 1. The van der Waals surface area contributed by atoms with Crippen molar-refractivity contribution >= 4 is 0 Å². The first-order chi connectivity index (χ1) is 9.25. The first kappa shape index (κ1) is 15.3. The molecule has 0 radical (unpaired) electrons. The molecule has 2 aliphatic heterocycles. The van der Waals surface area contributed by atoms with Gasteiger partial charge in [-0.1, -0.05) is 6.42 Å². The zero-order valence-electron chi connectivity index (χ0n) is 13.0. The Morgan fingerprint density at radius 3 is 2.74 bits per heavy atom. The van der Waals surface area contributed by atoms with Crippen LogP contribution in [-0.4, -0.2) is 61.7 Å². The Hall–Kier alpha value is -0.120. The van der Waals surface area contributed by atoms with Crippen LogP contribution < -0.4 is 5.32 Å². The SMILES string of the molecule is CC1CCCCN1CCCNC1CCCN(C)CC1. The van der Waals surface area contributed by atoms with Gasteiger partial charge in [-0.3, -0.25) is 0 Å². The van der Waals surface area contributed by atoms with Crippen molar-refractivity contribution < 1.29 is 0 Å². The average Bonchev–Trinajstić information content (AvgIpc) is 2.61. The normalized spacial score (nSPS) is 31.3. The summed E-state index contributed by atoms with van der Waals surface area (Å²) in [6.07, 6.45) is 9.62. The van der Waals surface area contributed by atoms with E-state index in [1.165, 1.54) is 77.7 Å². The average molecular weight is 267 g/mol. The van der Waals surface area contributed by atoms with E-state index in [9.17, 15) is 0 Å². The fourth-order valence-electron chi connectivity index (χ4n) is 3.52. The van der Waals surface area contributed by atoms with Gasteiger partial charge in [0, 0.05) is 12.1 Å². The highest BCUT2D eigenvalue weighted by Crippen LogP contribution is 2.16. The molecule has 19 heavy (non-hydrogen) atoms. The summed E-state index contributed by atoms with van der Waals surface area (Å²) in [5, 5.41) is 3.78. The van der Waals surface area contributed by atoms with E-state index in [1.54, 1.807) is 0 Å². The summed E-state index contributed by atoms with van der Waals surface area (Å²) in [4.78, 5) is 5.16. The molecule has 3 nitrogen and oxygen atoms in total. The summed E-state index contributed by atoms with van der Waals surface area (Å²) in [6, 6.07) is 1.59. The van der Waals surface area contributed by atoms with Crippen LogP contribution in [0.1, 0.15) is 51.9 Å². The lowest BCUT2D eigenvalue weighted by atomic mass is 10.0. The summed E-state index contributed by atoms with van der Waals surface area (Å²) >= 11 is 0. The zero-order chi connectivity index (χ0) is 13.5. The van der Waals surface area contributed by atoms with E-state index in [-0.39, 0.29) is 0 Å². The van der Waals surface area contributed by atoms with Crippen molar-refractivity contribution in [3.8, 4) is 0 Å². The lowest BCUT2D eigenvalue weighted by molar-refractivity contribution is 0.158. The van der Waals surface area contributed by atoms with Crippen LogP contribution in [0, 0.1) is 0 Å². The minimum absolute atomic E-state index is 0.767. The van der Waals surface area contributed by atoms with E-state index in [4.69, 9.17) is 0 Å². The second kappa shape index (κ2) is 8.23. The Morgan fingerprint density at radius 2 is 1.89 bits per heavy atom. The maximum absolute atomic E-state index is 3.78. The smallest absolute Gasteiger partial charge is 0.00797 e. The second-order valence-corrected chi connectivity index (χ2v) is 6.62. The number of nitrogens with zero attached hydrogens (tertiary/aromatic N) is 2. The molecule has 0 aromatic carbocycles. The van der Waals surface area contributed by atoms with Crippen LogP contribution in [0.4, 0.5) is 0 Å². The van der Waals surface area contributed by atoms with E-state index < -0.39 is 0 Å². The van der Waals surface area contributed by atoms with Crippen molar-refractivity contribution in [3.05, 3.63) is 0 Å². The standard InChI is InChI=1S/C16H33N3/c1-15-7-3-4-12-19(15)13-6-10-17-16-8-5-11-18(2)14-9-16/h15-17H,3-14H2,1-2H3. The highest BCUT2D eigenvalue weighted by Gasteiger charge is 2.18. The minimum Gasteiger partial charge on any atom is -0.314 e. The molecular weight excluding hydrogens is 234 g/mol. The lowest BCUT2D eigenvalue weighted by Gasteiger charge is -2.33. The molecule has 2 atom stereocenters. The van der Waals surface area contributed by atoms with Crippen molar-refractivity contribution in [3.63, 3.8) is 0 Å². The topological polar surface area (TPSA) is 18.5 Å².